The van der Waals surface area contributed by atoms with E-state index in [-0.39, 0.29) is 23.5 Å². The first-order chi connectivity index (χ1) is 13.9. The van der Waals surface area contributed by atoms with Gasteiger partial charge in [0.1, 0.15) is 5.82 Å². The summed E-state index contributed by atoms with van der Waals surface area (Å²) in [6.07, 6.45) is 2.91. The minimum absolute atomic E-state index is 0.0515. The van der Waals surface area contributed by atoms with Gasteiger partial charge in [-0.2, -0.15) is 0 Å². The Labute approximate surface area is 172 Å². The zero-order valence-electron chi connectivity index (χ0n) is 17.2. The summed E-state index contributed by atoms with van der Waals surface area (Å²) in [6, 6.07) is 13.4. The van der Waals surface area contributed by atoms with Crippen molar-refractivity contribution in [2.75, 3.05) is 19.6 Å². The SMILES string of the molecule is CC(C)Cc1ccc(C(=O)N2CCCC(CNC(=O)c3ccc(F)cc3)C2)cc1. The monoisotopic (exact) mass is 396 g/mol. The highest BCUT2D eigenvalue weighted by Gasteiger charge is 2.25. The minimum Gasteiger partial charge on any atom is -0.352 e. The fourth-order valence-corrected chi connectivity index (χ4v) is 3.79. The molecule has 29 heavy (non-hydrogen) atoms. The van der Waals surface area contributed by atoms with E-state index in [9.17, 15) is 14.0 Å². The van der Waals surface area contributed by atoms with Crippen molar-refractivity contribution in [3.05, 3.63) is 71.0 Å². The first kappa shape index (κ1) is 21.0. The van der Waals surface area contributed by atoms with Crippen molar-refractivity contribution in [3.8, 4) is 0 Å². The summed E-state index contributed by atoms with van der Waals surface area (Å²) >= 11 is 0. The fourth-order valence-electron chi connectivity index (χ4n) is 3.79. The van der Waals surface area contributed by atoms with E-state index in [1.807, 2.05) is 29.2 Å². The lowest BCUT2D eigenvalue weighted by Gasteiger charge is -2.33. The van der Waals surface area contributed by atoms with Gasteiger partial charge in [-0.3, -0.25) is 9.59 Å². The molecule has 3 rings (SSSR count). The highest BCUT2D eigenvalue weighted by atomic mass is 19.1. The molecule has 2 amide bonds. The van der Waals surface area contributed by atoms with Gasteiger partial charge in [-0.15, -0.1) is 0 Å². The topological polar surface area (TPSA) is 49.4 Å². The van der Waals surface area contributed by atoms with Gasteiger partial charge in [0.15, 0.2) is 0 Å². The van der Waals surface area contributed by atoms with Gasteiger partial charge in [-0.1, -0.05) is 26.0 Å². The van der Waals surface area contributed by atoms with E-state index in [1.165, 1.54) is 29.8 Å². The number of likely N-dealkylation sites (tertiary alicyclic amines) is 1. The van der Waals surface area contributed by atoms with E-state index in [0.717, 1.165) is 25.8 Å². The number of rotatable bonds is 6. The Bertz CT molecular complexity index is 831. The molecule has 1 atom stereocenters. The Balaban J connectivity index is 1.53. The van der Waals surface area contributed by atoms with Crippen LogP contribution in [0.4, 0.5) is 4.39 Å². The number of carbonyl (C=O) groups is 2. The summed E-state index contributed by atoms with van der Waals surface area (Å²) in [6.45, 7) is 6.25. The van der Waals surface area contributed by atoms with E-state index < -0.39 is 0 Å². The van der Waals surface area contributed by atoms with Crippen LogP contribution >= 0.6 is 0 Å². The number of piperidine rings is 1. The summed E-state index contributed by atoms with van der Waals surface area (Å²) in [5.74, 6) is 0.284. The van der Waals surface area contributed by atoms with Crippen molar-refractivity contribution in [1.82, 2.24) is 10.2 Å². The molecule has 0 spiro atoms. The lowest BCUT2D eigenvalue weighted by atomic mass is 9.96. The van der Waals surface area contributed by atoms with Crippen LogP contribution in [0, 0.1) is 17.7 Å². The molecule has 2 aromatic rings. The summed E-state index contributed by atoms with van der Waals surface area (Å²) in [7, 11) is 0. The van der Waals surface area contributed by atoms with Crippen LogP contribution in [0.25, 0.3) is 0 Å². The van der Waals surface area contributed by atoms with Crippen molar-refractivity contribution >= 4 is 11.8 Å². The van der Waals surface area contributed by atoms with Gasteiger partial charge in [0.05, 0.1) is 0 Å². The molecule has 1 aliphatic rings. The van der Waals surface area contributed by atoms with Crippen molar-refractivity contribution in [3.63, 3.8) is 0 Å². The van der Waals surface area contributed by atoms with Crippen LogP contribution in [-0.4, -0.2) is 36.3 Å². The first-order valence-corrected chi connectivity index (χ1v) is 10.3. The van der Waals surface area contributed by atoms with E-state index in [2.05, 4.69) is 19.2 Å². The van der Waals surface area contributed by atoms with Crippen LogP contribution in [0.1, 0.15) is 53.0 Å². The Hall–Kier alpha value is -2.69. The minimum atomic E-state index is -0.361. The van der Waals surface area contributed by atoms with Gasteiger partial charge in [0.2, 0.25) is 0 Å². The maximum absolute atomic E-state index is 13.0. The molecule has 1 fully saturated rings. The fraction of sp³-hybridized carbons (Fsp3) is 0.417. The van der Waals surface area contributed by atoms with Crippen LogP contribution in [0.5, 0.6) is 0 Å². The van der Waals surface area contributed by atoms with E-state index in [1.54, 1.807) is 0 Å². The highest BCUT2D eigenvalue weighted by molar-refractivity contribution is 5.95. The maximum Gasteiger partial charge on any atom is 0.253 e. The molecule has 1 N–H and O–H groups in total. The van der Waals surface area contributed by atoms with Crippen LogP contribution in [-0.2, 0) is 6.42 Å². The zero-order valence-corrected chi connectivity index (χ0v) is 17.2. The summed E-state index contributed by atoms with van der Waals surface area (Å²) < 4.78 is 13.0. The van der Waals surface area contributed by atoms with Gasteiger partial charge < -0.3 is 10.2 Å². The van der Waals surface area contributed by atoms with Crippen LogP contribution in [0.3, 0.4) is 0 Å². The van der Waals surface area contributed by atoms with Gasteiger partial charge in [0.25, 0.3) is 11.8 Å². The predicted octanol–water partition coefficient (Wildman–Crippen LogP) is 4.31. The maximum atomic E-state index is 13.0. The average molecular weight is 397 g/mol. The number of amides is 2. The molecule has 0 saturated carbocycles. The molecule has 0 radical (unpaired) electrons. The highest BCUT2D eigenvalue weighted by Crippen LogP contribution is 2.19. The smallest absolute Gasteiger partial charge is 0.253 e. The Morgan fingerprint density at radius 1 is 1.07 bits per heavy atom. The summed E-state index contributed by atoms with van der Waals surface area (Å²) in [5.41, 5.74) is 2.40. The van der Waals surface area contributed by atoms with Crippen molar-refractivity contribution in [2.24, 2.45) is 11.8 Å². The van der Waals surface area contributed by atoms with Gasteiger partial charge in [-0.25, -0.2) is 4.39 Å². The van der Waals surface area contributed by atoms with E-state index >= 15 is 0 Å². The second kappa shape index (κ2) is 9.68. The lowest BCUT2D eigenvalue weighted by molar-refractivity contribution is 0.0671. The average Bonchev–Trinajstić information content (AvgIpc) is 2.72. The number of hydrogen-bond donors (Lipinski definition) is 1. The van der Waals surface area contributed by atoms with Crippen molar-refractivity contribution in [1.29, 1.82) is 0 Å². The standard InChI is InChI=1S/C24H29FN2O2/c1-17(2)14-18-5-7-21(8-6-18)24(29)27-13-3-4-19(16-27)15-26-23(28)20-9-11-22(25)12-10-20/h5-12,17,19H,3-4,13-16H2,1-2H3,(H,26,28). The third-order valence-corrected chi connectivity index (χ3v) is 5.31. The molecular formula is C24H29FN2O2. The number of nitrogens with one attached hydrogen (secondary N) is 1. The third kappa shape index (κ3) is 5.89. The van der Waals surface area contributed by atoms with Gasteiger partial charge in [-0.05, 0) is 73.1 Å². The van der Waals surface area contributed by atoms with Crippen LogP contribution in [0.2, 0.25) is 0 Å². The molecule has 0 aromatic heterocycles. The molecule has 2 aromatic carbocycles. The Morgan fingerprint density at radius 3 is 2.38 bits per heavy atom. The lowest BCUT2D eigenvalue weighted by Crippen LogP contribution is -2.43. The molecule has 1 saturated heterocycles. The Morgan fingerprint density at radius 2 is 1.72 bits per heavy atom. The number of carbonyl (C=O) groups excluding carboxylic acids is 2. The van der Waals surface area contributed by atoms with Crippen molar-refractivity contribution in [2.45, 2.75) is 33.1 Å². The van der Waals surface area contributed by atoms with Crippen LogP contribution in [0.15, 0.2) is 48.5 Å². The second-order valence-corrected chi connectivity index (χ2v) is 8.27. The molecular weight excluding hydrogens is 367 g/mol. The second-order valence-electron chi connectivity index (χ2n) is 8.27. The van der Waals surface area contributed by atoms with Crippen molar-refractivity contribution < 1.29 is 14.0 Å². The summed E-state index contributed by atoms with van der Waals surface area (Å²) in [5, 5.41) is 2.91. The van der Waals surface area contributed by atoms with E-state index in [0.29, 0.717) is 30.1 Å². The molecule has 0 bridgehead atoms. The zero-order chi connectivity index (χ0) is 20.8. The third-order valence-electron chi connectivity index (χ3n) is 5.31. The number of halogens is 1. The first-order valence-electron chi connectivity index (χ1n) is 10.3. The largest absolute Gasteiger partial charge is 0.352 e. The molecule has 154 valence electrons. The molecule has 1 aliphatic heterocycles. The van der Waals surface area contributed by atoms with Gasteiger partial charge >= 0.3 is 0 Å². The number of hydrogen-bond acceptors (Lipinski definition) is 2. The molecule has 1 heterocycles. The van der Waals surface area contributed by atoms with Gasteiger partial charge in [0, 0.05) is 30.8 Å². The molecule has 4 nitrogen and oxygen atoms in total. The quantitative estimate of drug-likeness (QED) is 0.791. The summed E-state index contributed by atoms with van der Waals surface area (Å²) in [4.78, 5) is 27.0. The molecule has 0 aliphatic carbocycles. The Kier molecular flexibility index (Phi) is 7.02. The molecule has 5 heteroatoms. The van der Waals surface area contributed by atoms with E-state index in [4.69, 9.17) is 0 Å². The van der Waals surface area contributed by atoms with Crippen LogP contribution < -0.4 is 5.32 Å². The normalized spacial score (nSPS) is 16.7. The predicted molar refractivity (Wildman–Crippen MR) is 112 cm³/mol. The molecule has 1 unspecified atom stereocenters. The number of nitrogens with zero attached hydrogens (tertiary/aromatic N) is 1. The number of benzene rings is 2.